The van der Waals surface area contributed by atoms with Gasteiger partial charge in [-0.2, -0.15) is 0 Å². The van der Waals surface area contributed by atoms with Gasteiger partial charge in [-0.15, -0.1) is 0 Å². The summed E-state index contributed by atoms with van der Waals surface area (Å²) in [5.41, 5.74) is 2.43. The van der Waals surface area contributed by atoms with Gasteiger partial charge in [-0.05, 0) is 73.5 Å². The molecule has 1 saturated carbocycles. The van der Waals surface area contributed by atoms with Crippen LogP contribution >= 0.6 is 15.9 Å². The third kappa shape index (κ3) is 2.88. The molecule has 166 valence electrons. The predicted molar refractivity (Wildman–Crippen MR) is 123 cm³/mol. The van der Waals surface area contributed by atoms with E-state index in [0.29, 0.717) is 36.4 Å². The molecule has 3 saturated heterocycles. The topological polar surface area (TPSA) is 42.0 Å². The fourth-order valence-corrected chi connectivity index (χ4v) is 7.26. The van der Waals surface area contributed by atoms with Crippen LogP contribution in [-0.2, 0) is 11.3 Å². The summed E-state index contributed by atoms with van der Waals surface area (Å²) in [5.74, 6) is 3.13. The van der Waals surface area contributed by atoms with Crippen molar-refractivity contribution < 1.29 is 14.3 Å². The summed E-state index contributed by atoms with van der Waals surface area (Å²) in [6.07, 6.45) is 4.99. The Morgan fingerprint density at radius 2 is 1.81 bits per heavy atom. The molecule has 6 heteroatoms. The van der Waals surface area contributed by atoms with E-state index in [-0.39, 0.29) is 18.8 Å². The SMILES string of the molecule is O=C1C2C(C(C3CC3)N1Cc1ccc3c(c1)OCO3)C1CCCN1C2c1ccc(Br)cc1. The number of hydrogen-bond donors (Lipinski definition) is 0. The van der Waals surface area contributed by atoms with Crippen molar-refractivity contribution in [2.75, 3.05) is 13.3 Å². The number of fused-ring (bicyclic) bond motifs is 4. The lowest BCUT2D eigenvalue weighted by Gasteiger charge is -2.33. The molecular weight excluding hydrogens is 468 g/mol. The second-order valence-corrected chi connectivity index (χ2v) is 10.9. The zero-order valence-electron chi connectivity index (χ0n) is 18.0. The van der Waals surface area contributed by atoms with Crippen LogP contribution < -0.4 is 9.47 Å². The monoisotopic (exact) mass is 494 g/mol. The number of rotatable bonds is 4. The third-order valence-electron chi connectivity index (χ3n) is 8.33. The van der Waals surface area contributed by atoms with Crippen molar-refractivity contribution in [2.24, 2.45) is 17.8 Å². The highest BCUT2D eigenvalue weighted by Gasteiger charge is 2.64. The Morgan fingerprint density at radius 3 is 2.62 bits per heavy atom. The number of nitrogens with zero attached hydrogens (tertiary/aromatic N) is 2. The Morgan fingerprint density at radius 1 is 1.00 bits per heavy atom. The molecule has 5 nitrogen and oxygen atoms in total. The highest BCUT2D eigenvalue weighted by Crippen LogP contribution is 2.59. The number of amides is 1. The fourth-order valence-electron chi connectivity index (χ4n) is 7.00. The smallest absolute Gasteiger partial charge is 0.231 e. The first kappa shape index (κ1) is 19.4. The largest absolute Gasteiger partial charge is 0.454 e. The average Bonchev–Trinajstić information content (AvgIpc) is 3.11. The zero-order valence-corrected chi connectivity index (χ0v) is 19.5. The first-order valence-electron chi connectivity index (χ1n) is 11.9. The van der Waals surface area contributed by atoms with Gasteiger partial charge < -0.3 is 14.4 Å². The molecule has 0 bridgehead atoms. The molecule has 4 fully saturated rings. The minimum absolute atomic E-state index is 0.0705. The van der Waals surface area contributed by atoms with Crippen molar-refractivity contribution in [2.45, 2.75) is 50.4 Å². The summed E-state index contributed by atoms with van der Waals surface area (Å²) in [5, 5.41) is 0. The van der Waals surface area contributed by atoms with Crippen LogP contribution in [0.4, 0.5) is 0 Å². The Kier molecular flexibility index (Phi) is 4.38. The number of likely N-dealkylation sites (tertiary alicyclic amines) is 1. The van der Waals surface area contributed by atoms with E-state index < -0.39 is 0 Å². The first-order chi connectivity index (χ1) is 15.7. The molecule has 7 rings (SSSR count). The number of halogens is 1. The van der Waals surface area contributed by atoms with Crippen LogP contribution in [0.15, 0.2) is 46.9 Å². The van der Waals surface area contributed by atoms with Crippen molar-refractivity contribution in [1.29, 1.82) is 0 Å². The van der Waals surface area contributed by atoms with Gasteiger partial charge in [0, 0.05) is 35.1 Å². The highest BCUT2D eigenvalue weighted by molar-refractivity contribution is 9.10. The van der Waals surface area contributed by atoms with Crippen LogP contribution in [-0.4, -0.2) is 41.1 Å². The van der Waals surface area contributed by atoms with Gasteiger partial charge in [0.15, 0.2) is 11.5 Å². The molecule has 5 aliphatic rings. The average molecular weight is 495 g/mol. The van der Waals surface area contributed by atoms with Gasteiger partial charge in [-0.1, -0.05) is 34.1 Å². The highest BCUT2D eigenvalue weighted by atomic mass is 79.9. The summed E-state index contributed by atoms with van der Waals surface area (Å²) in [6.45, 7) is 2.07. The molecule has 0 spiro atoms. The normalized spacial score (nSPS) is 33.1. The molecule has 1 amide bonds. The molecule has 5 atom stereocenters. The lowest BCUT2D eigenvalue weighted by atomic mass is 9.81. The Bertz CT molecular complexity index is 1070. The van der Waals surface area contributed by atoms with E-state index in [0.717, 1.165) is 28.1 Å². The fraction of sp³-hybridized carbons (Fsp3) is 0.500. The maximum absolute atomic E-state index is 14.1. The number of ether oxygens (including phenoxy) is 2. The molecule has 5 unspecified atom stereocenters. The van der Waals surface area contributed by atoms with E-state index in [9.17, 15) is 4.79 Å². The molecule has 0 radical (unpaired) electrons. The van der Waals surface area contributed by atoms with Gasteiger partial charge in [0.2, 0.25) is 12.7 Å². The first-order valence-corrected chi connectivity index (χ1v) is 12.7. The summed E-state index contributed by atoms with van der Waals surface area (Å²) < 4.78 is 12.2. The molecule has 4 aliphatic heterocycles. The maximum Gasteiger partial charge on any atom is 0.231 e. The maximum atomic E-state index is 14.1. The van der Waals surface area contributed by atoms with E-state index in [1.807, 2.05) is 6.07 Å². The standard InChI is InChI=1S/C26H27BrN2O3/c27-18-8-6-17(7-9-18)25-23-22(19-2-1-11-28(19)25)24(16-4-5-16)29(26(23)30)13-15-3-10-20-21(12-15)32-14-31-20/h3,6-10,12,16,19,22-25H,1-2,4-5,11,13-14H2. The third-order valence-corrected chi connectivity index (χ3v) is 8.86. The minimum atomic E-state index is 0.0705. The molecular formula is C26H27BrN2O3. The zero-order chi connectivity index (χ0) is 21.4. The van der Waals surface area contributed by atoms with Crippen LogP contribution in [0.2, 0.25) is 0 Å². The van der Waals surface area contributed by atoms with Crippen molar-refractivity contribution in [1.82, 2.24) is 9.80 Å². The number of carbonyl (C=O) groups is 1. The molecule has 0 N–H and O–H groups in total. The molecule has 1 aliphatic carbocycles. The molecule has 2 aromatic carbocycles. The summed E-state index contributed by atoms with van der Waals surface area (Å²) >= 11 is 3.58. The van der Waals surface area contributed by atoms with Crippen molar-refractivity contribution in [3.8, 4) is 11.5 Å². The van der Waals surface area contributed by atoms with E-state index in [1.54, 1.807) is 0 Å². The minimum Gasteiger partial charge on any atom is -0.454 e. The molecule has 32 heavy (non-hydrogen) atoms. The molecule has 0 aromatic heterocycles. The van der Waals surface area contributed by atoms with Crippen LogP contribution in [0.5, 0.6) is 11.5 Å². The summed E-state index contributed by atoms with van der Waals surface area (Å²) in [4.78, 5) is 19.0. The summed E-state index contributed by atoms with van der Waals surface area (Å²) in [6, 6.07) is 15.9. The predicted octanol–water partition coefficient (Wildman–Crippen LogP) is 4.75. The Balaban J connectivity index is 1.26. The van der Waals surface area contributed by atoms with Crippen LogP contribution in [0.1, 0.15) is 42.9 Å². The van der Waals surface area contributed by atoms with Gasteiger partial charge in [0.25, 0.3) is 0 Å². The number of benzene rings is 2. The lowest BCUT2D eigenvalue weighted by Crippen LogP contribution is -2.42. The van der Waals surface area contributed by atoms with Crippen LogP contribution in [0.3, 0.4) is 0 Å². The van der Waals surface area contributed by atoms with Crippen molar-refractivity contribution in [3.63, 3.8) is 0 Å². The molecule has 2 aromatic rings. The van der Waals surface area contributed by atoms with E-state index in [1.165, 1.54) is 31.2 Å². The van der Waals surface area contributed by atoms with Gasteiger partial charge >= 0.3 is 0 Å². The van der Waals surface area contributed by atoms with Gasteiger partial charge in [-0.25, -0.2) is 0 Å². The van der Waals surface area contributed by atoms with Crippen LogP contribution in [0, 0.1) is 17.8 Å². The van der Waals surface area contributed by atoms with Crippen LogP contribution in [0.25, 0.3) is 0 Å². The van der Waals surface area contributed by atoms with E-state index >= 15 is 0 Å². The summed E-state index contributed by atoms with van der Waals surface area (Å²) in [7, 11) is 0. The lowest BCUT2D eigenvalue weighted by molar-refractivity contribution is -0.134. The van der Waals surface area contributed by atoms with E-state index in [4.69, 9.17) is 9.47 Å². The van der Waals surface area contributed by atoms with Gasteiger partial charge in [0.1, 0.15) is 0 Å². The Hall–Kier alpha value is -2.05. The van der Waals surface area contributed by atoms with Crippen molar-refractivity contribution >= 4 is 21.8 Å². The van der Waals surface area contributed by atoms with Gasteiger partial charge in [-0.3, -0.25) is 9.69 Å². The Labute approximate surface area is 196 Å². The van der Waals surface area contributed by atoms with Crippen molar-refractivity contribution in [3.05, 3.63) is 58.1 Å². The quantitative estimate of drug-likeness (QED) is 0.614. The molecule has 4 heterocycles. The second kappa shape index (κ2) is 7.22. The number of hydrogen-bond acceptors (Lipinski definition) is 4. The van der Waals surface area contributed by atoms with E-state index in [2.05, 4.69) is 62.1 Å². The van der Waals surface area contributed by atoms with Gasteiger partial charge in [0.05, 0.1) is 5.92 Å². The second-order valence-electron chi connectivity index (χ2n) is 10.0. The number of carbonyl (C=O) groups excluding carboxylic acids is 1.